The molecule has 0 heterocycles. The van der Waals surface area contributed by atoms with Crippen molar-refractivity contribution < 1.29 is 21.6 Å². The molecule has 1 aromatic rings. The molecule has 0 saturated heterocycles. The predicted octanol–water partition coefficient (Wildman–Crippen LogP) is 1.79. The average Bonchev–Trinajstić information content (AvgIpc) is 2.20. The van der Waals surface area contributed by atoms with Crippen LogP contribution in [-0.2, 0) is 10.0 Å². The highest BCUT2D eigenvalue weighted by Gasteiger charge is 2.22. The Morgan fingerprint density at radius 1 is 1.25 bits per heavy atom. The van der Waals surface area contributed by atoms with E-state index in [1.165, 1.54) is 0 Å². The molecule has 0 aliphatic carbocycles. The maximum absolute atomic E-state index is 13.1. The molecular weight excluding hydrogens is 243 g/mol. The second kappa shape index (κ2) is 4.84. The van der Waals surface area contributed by atoms with E-state index >= 15 is 0 Å². The van der Waals surface area contributed by atoms with Crippen LogP contribution in [-0.4, -0.2) is 15.0 Å². The molecule has 90 valence electrons. The van der Waals surface area contributed by atoms with Crippen LogP contribution in [0.25, 0.3) is 0 Å². The van der Waals surface area contributed by atoms with Crippen LogP contribution in [0.5, 0.6) is 0 Å². The van der Waals surface area contributed by atoms with Gasteiger partial charge < -0.3 is 0 Å². The number of hydrogen-bond acceptors (Lipinski definition) is 2. The lowest BCUT2D eigenvalue weighted by Gasteiger charge is -2.07. The van der Waals surface area contributed by atoms with Crippen molar-refractivity contribution in [2.24, 2.45) is 0 Å². The Bertz CT molecular complexity index is 488. The van der Waals surface area contributed by atoms with Gasteiger partial charge in [0, 0.05) is 12.6 Å². The van der Waals surface area contributed by atoms with Gasteiger partial charge in [0.1, 0.15) is 10.7 Å². The lowest BCUT2D eigenvalue weighted by atomic mass is 10.3. The minimum Gasteiger partial charge on any atom is -0.211 e. The molecule has 0 saturated carbocycles. The van der Waals surface area contributed by atoms with Crippen molar-refractivity contribution in [3.63, 3.8) is 0 Å². The molecular formula is C9H10F3NO2S. The Kier molecular flexibility index (Phi) is 3.93. The molecule has 0 bridgehead atoms. The summed E-state index contributed by atoms with van der Waals surface area (Å²) in [5.41, 5.74) is 0. The summed E-state index contributed by atoms with van der Waals surface area (Å²) in [5, 5.41) is 0. The first-order valence-corrected chi connectivity index (χ1v) is 6.01. The van der Waals surface area contributed by atoms with Gasteiger partial charge in [-0.2, -0.15) is 0 Å². The van der Waals surface area contributed by atoms with E-state index in [0.717, 1.165) is 0 Å². The molecule has 0 radical (unpaired) electrons. The van der Waals surface area contributed by atoms with Crippen molar-refractivity contribution in [2.45, 2.75) is 18.2 Å². The number of rotatable bonds is 4. The first-order valence-electron chi connectivity index (χ1n) is 4.52. The Morgan fingerprint density at radius 2 is 1.88 bits per heavy atom. The number of halogens is 3. The molecule has 7 heteroatoms. The summed E-state index contributed by atoms with van der Waals surface area (Å²) in [5.74, 6) is -4.25. The molecule has 0 atom stereocenters. The quantitative estimate of drug-likeness (QED) is 0.831. The van der Waals surface area contributed by atoms with Crippen molar-refractivity contribution in [3.8, 4) is 0 Å². The van der Waals surface area contributed by atoms with Crippen LogP contribution >= 0.6 is 0 Å². The van der Waals surface area contributed by atoms with Gasteiger partial charge in [-0.15, -0.1) is 0 Å². The van der Waals surface area contributed by atoms with Gasteiger partial charge >= 0.3 is 0 Å². The molecule has 0 aromatic heterocycles. The smallest absolute Gasteiger partial charge is 0.211 e. The van der Waals surface area contributed by atoms with E-state index in [-0.39, 0.29) is 12.6 Å². The second-order valence-electron chi connectivity index (χ2n) is 3.10. The highest BCUT2D eigenvalue weighted by molar-refractivity contribution is 7.89. The first-order chi connectivity index (χ1) is 7.38. The maximum atomic E-state index is 13.1. The van der Waals surface area contributed by atoms with Gasteiger partial charge in [0.2, 0.25) is 10.0 Å². The lowest BCUT2D eigenvalue weighted by molar-refractivity contribution is 0.469. The number of sulfonamides is 1. The van der Waals surface area contributed by atoms with Crippen molar-refractivity contribution in [1.29, 1.82) is 0 Å². The molecule has 1 aromatic carbocycles. The Hall–Kier alpha value is -1.08. The van der Waals surface area contributed by atoms with E-state index in [1.807, 2.05) is 4.72 Å². The fourth-order valence-electron chi connectivity index (χ4n) is 1.04. The fraction of sp³-hybridized carbons (Fsp3) is 0.333. The highest BCUT2D eigenvalue weighted by Crippen LogP contribution is 2.18. The molecule has 0 fully saturated rings. The van der Waals surface area contributed by atoms with E-state index in [4.69, 9.17) is 0 Å². The Balaban J connectivity index is 3.22. The van der Waals surface area contributed by atoms with Gasteiger partial charge in [-0.25, -0.2) is 26.3 Å². The molecule has 1 rings (SSSR count). The van der Waals surface area contributed by atoms with Gasteiger partial charge in [0.15, 0.2) is 11.6 Å². The largest absolute Gasteiger partial charge is 0.243 e. The molecule has 0 unspecified atom stereocenters. The molecule has 1 N–H and O–H groups in total. The highest BCUT2D eigenvalue weighted by atomic mass is 32.2. The minimum atomic E-state index is -4.20. The van der Waals surface area contributed by atoms with Crippen molar-refractivity contribution in [3.05, 3.63) is 29.6 Å². The molecule has 3 nitrogen and oxygen atoms in total. The van der Waals surface area contributed by atoms with E-state index in [2.05, 4.69) is 0 Å². The monoisotopic (exact) mass is 253 g/mol. The van der Waals surface area contributed by atoms with Crippen LogP contribution < -0.4 is 4.72 Å². The summed E-state index contributed by atoms with van der Waals surface area (Å²) < 4.78 is 63.6. The predicted molar refractivity (Wildman–Crippen MR) is 51.8 cm³/mol. The third-order valence-electron chi connectivity index (χ3n) is 1.79. The average molecular weight is 253 g/mol. The Morgan fingerprint density at radius 3 is 2.44 bits per heavy atom. The number of benzene rings is 1. The van der Waals surface area contributed by atoms with E-state index in [0.29, 0.717) is 12.5 Å². The van der Waals surface area contributed by atoms with Crippen molar-refractivity contribution in [1.82, 2.24) is 4.72 Å². The summed E-state index contributed by atoms with van der Waals surface area (Å²) >= 11 is 0. The van der Waals surface area contributed by atoms with Crippen LogP contribution in [0, 0.1) is 17.5 Å². The molecule has 0 spiro atoms. The molecule has 0 aliphatic rings. The summed E-state index contributed by atoms with van der Waals surface area (Å²) in [6.45, 7) is 1.77. The zero-order valence-electron chi connectivity index (χ0n) is 8.43. The topological polar surface area (TPSA) is 46.2 Å². The maximum Gasteiger partial charge on any atom is 0.243 e. The summed E-state index contributed by atoms with van der Waals surface area (Å²) in [6, 6.07) is 0.727. The zero-order chi connectivity index (χ0) is 12.3. The third-order valence-corrected chi connectivity index (χ3v) is 3.25. The van der Waals surface area contributed by atoms with Crippen LogP contribution in [0.4, 0.5) is 13.2 Å². The van der Waals surface area contributed by atoms with Gasteiger partial charge in [0.05, 0.1) is 0 Å². The summed E-state index contributed by atoms with van der Waals surface area (Å²) in [6.07, 6.45) is 0.485. The minimum absolute atomic E-state index is 0.0694. The molecule has 0 amide bonds. The van der Waals surface area contributed by atoms with E-state index in [1.54, 1.807) is 6.92 Å². The van der Waals surface area contributed by atoms with Crippen molar-refractivity contribution in [2.75, 3.05) is 6.54 Å². The third kappa shape index (κ3) is 2.73. The standard InChI is InChI=1S/C9H10F3NO2S/c1-2-3-13-16(14,15)8-5-6(10)4-7(11)9(8)12/h4-5,13H,2-3H2,1H3. The molecule has 0 aliphatic heterocycles. The van der Waals surface area contributed by atoms with E-state index in [9.17, 15) is 21.6 Å². The SMILES string of the molecule is CCCNS(=O)(=O)c1cc(F)cc(F)c1F. The zero-order valence-corrected chi connectivity index (χ0v) is 9.24. The van der Waals surface area contributed by atoms with E-state index < -0.39 is 32.4 Å². The number of nitrogens with one attached hydrogen (secondary N) is 1. The van der Waals surface area contributed by atoms with Gasteiger partial charge in [0.25, 0.3) is 0 Å². The summed E-state index contributed by atoms with van der Waals surface area (Å²) in [4.78, 5) is -1.02. The van der Waals surface area contributed by atoms with Gasteiger partial charge in [-0.3, -0.25) is 0 Å². The van der Waals surface area contributed by atoms with Crippen molar-refractivity contribution >= 4 is 10.0 Å². The normalized spacial score (nSPS) is 11.8. The lowest BCUT2D eigenvalue weighted by Crippen LogP contribution is -2.25. The Labute approximate surface area is 91.3 Å². The van der Waals surface area contributed by atoms with Gasteiger partial charge in [-0.1, -0.05) is 6.92 Å². The van der Waals surface area contributed by atoms with Crippen LogP contribution in [0.3, 0.4) is 0 Å². The van der Waals surface area contributed by atoms with Gasteiger partial charge in [-0.05, 0) is 12.5 Å². The van der Waals surface area contributed by atoms with Crippen LogP contribution in [0.2, 0.25) is 0 Å². The number of hydrogen-bond donors (Lipinski definition) is 1. The second-order valence-corrected chi connectivity index (χ2v) is 4.83. The first kappa shape index (κ1) is 13.0. The molecule has 16 heavy (non-hydrogen) atoms. The summed E-state index contributed by atoms with van der Waals surface area (Å²) in [7, 11) is -4.20. The van der Waals surface area contributed by atoms with Crippen LogP contribution in [0.15, 0.2) is 17.0 Å². The van der Waals surface area contributed by atoms with Crippen LogP contribution in [0.1, 0.15) is 13.3 Å². The fourth-order valence-corrected chi connectivity index (χ4v) is 2.27.